The molecule has 1 aromatic carbocycles. The van der Waals surface area contributed by atoms with E-state index in [1.165, 1.54) is 19.3 Å². The average Bonchev–Trinajstić information content (AvgIpc) is 3.07. The number of rotatable bonds is 3. The molecule has 0 bridgehead atoms. The van der Waals surface area contributed by atoms with Gasteiger partial charge < -0.3 is 10.3 Å². The minimum absolute atomic E-state index is 0.344. The van der Waals surface area contributed by atoms with Gasteiger partial charge in [-0.25, -0.2) is 9.97 Å². The summed E-state index contributed by atoms with van der Waals surface area (Å²) in [5.41, 5.74) is 3.21. The lowest BCUT2D eigenvalue weighted by molar-refractivity contribution is 0.171. The van der Waals surface area contributed by atoms with Crippen molar-refractivity contribution in [3.63, 3.8) is 0 Å². The van der Waals surface area contributed by atoms with E-state index in [0.717, 1.165) is 34.5 Å². The van der Waals surface area contributed by atoms with Crippen LogP contribution in [0, 0.1) is 11.3 Å². The lowest BCUT2D eigenvalue weighted by Gasteiger charge is -2.38. The Labute approximate surface area is 165 Å². The van der Waals surface area contributed by atoms with Crippen LogP contribution in [0.1, 0.15) is 46.5 Å². The highest BCUT2D eigenvalue weighted by Crippen LogP contribution is 2.39. The molecule has 0 unspecified atom stereocenters. The molecule has 0 saturated heterocycles. The van der Waals surface area contributed by atoms with Crippen LogP contribution in [-0.4, -0.2) is 21.0 Å². The minimum atomic E-state index is 0.344. The van der Waals surface area contributed by atoms with Crippen LogP contribution in [-0.2, 0) is 0 Å². The van der Waals surface area contributed by atoms with Crippen LogP contribution in [0.4, 0.5) is 5.95 Å². The van der Waals surface area contributed by atoms with Crippen molar-refractivity contribution in [3.05, 3.63) is 41.7 Å². The molecular weight excluding hydrogens is 356 g/mol. The van der Waals surface area contributed by atoms with E-state index in [1.807, 2.05) is 18.3 Å². The van der Waals surface area contributed by atoms with Crippen LogP contribution in [0.2, 0.25) is 5.02 Å². The number of fused-ring (bicyclic) bond motifs is 1. The van der Waals surface area contributed by atoms with E-state index in [-0.39, 0.29) is 0 Å². The molecule has 1 saturated carbocycles. The fraction of sp³-hybridized carbons (Fsp3) is 0.455. The van der Waals surface area contributed by atoms with Gasteiger partial charge in [0.2, 0.25) is 5.95 Å². The van der Waals surface area contributed by atoms with Crippen molar-refractivity contribution < 1.29 is 0 Å². The number of hydrogen-bond donors (Lipinski definition) is 2. The number of halogens is 1. The monoisotopic (exact) mass is 382 g/mol. The third-order valence-electron chi connectivity index (χ3n) is 5.82. The second-order valence-corrected chi connectivity index (χ2v) is 9.12. The lowest BCUT2D eigenvalue weighted by Crippen LogP contribution is -2.33. The van der Waals surface area contributed by atoms with Gasteiger partial charge in [0, 0.05) is 28.7 Å². The zero-order chi connectivity index (χ0) is 19.0. The normalized spacial score (nSPS) is 20.7. The largest absolute Gasteiger partial charge is 0.360 e. The van der Waals surface area contributed by atoms with Crippen molar-refractivity contribution in [2.24, 2.45) is 11.3 Å². The molecule has 3 aromatic rings. The van der Waals surface area contributed by atoms with Crippen LogP contribution in [0.25, 0.3) is 22.2 Å². The van der Waals surface area contributed by atoms with E-state index in [2.05, 4.69) is 48.2 Å². The Morgan fingerprint density at radius 2 is 2.00 bits per heavy atom. The smallest absolute Gasteiger partial charge is 0.223 e. The van der Waals surface area contributed by atoms with Gasteiger partial charge in [0.25, 0.3) is 0 Å². The quantitative estimate of drug-likeness (QED) is 0.559. The summed E-state index contributed by atoms with van der Waals surface area (Å²) < 4.78 is 0. The number of para-hydroxylation sites is 1. The molecule has 1 aliphatic carbocycles. The summed E-state index contributed by atoms with van der Waals surface area (Å²) in [6.07, 6.45) is 8.57. The van der Waals surface area contributed by atoms with Crippen LogP contribution in [0.3, 0.4) is 0 Å². The fourth-order valence-electron chi connectivity index (χ4n) is 4.18. The van der Waals surface area contributed by atoms with Gasteiger partial charge in [0.05, 0.1) is 16.9 Å². The molecule has 2 N–H and O–H groups in total. The first-order valence-electron chi connectivity index (χ1n) is 9.77. The summed E-state index contributed by atoms with van der Waals surface area (Å²) in [5, 5.41) is 5.26. The Bertz CT molecular complexity index is 941. The maximum Gasteiger partial charge on any atom is 0.223 e. The maximum absolute atomic E-state index is 6.45. The van der Waals surface area contributed by atoms with E-state index >= 15 is 0 Å². The average molecular weight is 383 g/mol. The number of aromatic nitrogens is 3. The molecule has 0 aliphatic heterocycles. The van der Waals surface area contributed by atoms with Gasteiger partial charge in [-0.05, 0) is 36.7 Å². The second-order valence-electron chi connectivity index (χ2n) is 8.71. The molecule has 2 atom stereocenters. The SMILES string of the molecule is CC(C)(C)[C@H]1CCC[C@@H](Nc2ncc(Cl)c(-c3c[nH]c4ccccc34)n2)C1. The van der Waals surface area contributed by atoms with Crippen LogP contribution < -0.4 is 5.32 Å². The van der Waals surface area contributed by atoms with Gasteiger partial charge in [-0.1, -0.05) is 57.0 Å². The second kappa shape index (κ2) is 7.16. The van der Waals surface area contributed by atoms with Gasteiger partial charge in [0.1, 0.15) is 0 Å². The highest BCUT2D eigenvalue weighted by Gasteiger charge is 2.31. The highest BCUT2D eigenvalue weighted by atomic mass is 35.5. The van der Waals surface area contributed by atoms with Crippen molar-refractivity contribution >= 4 is 28.5 Å². The number of hydrogen-bond acceptors (Lipinski definition) is 3. The highest BCUT2D eigenvalue weighted by molar-refractivity contribution is 6.33. The van der Waals surface area contributed by atoms with E-state index in [4.69, 9.17) is 16.6 Å². The first-order chi connectivity index (χ1) is 12.9. The summed E-state index contributed by atoms with van der Waals surface area (Å²) in [5.74, 6) is 1.39. The molecule has 142 valence electrons. The zero-order valence-electron chi connectivity index (χ0n) is 16.2. The van der Waals surface area contributed by atoms with E-state index in [0.29, 0.717) is 22.4 Å². The Morgan fingerprint density at radius 3 is 2.81 bits per heavy atom. The van der Waals surface area contributed by atoms with Crippen molar-refractivity contribution in [3.8, 4) is 11.3 Å². The molecule has 4 nitrogen and oxygen atoms in total. The summed E-state index contributed by atoms with van der Waals surface area (Å²) in [4.78, 5) is 12.5. The summed E-state index contributed by atoms with van der Waals surface area (Å²) in [6, 6.07) is 8.61. The third-order valence-corrected chi connectivity index (χ3v) is 6.10. The zero-order valence-corrected chi connectivity index (χ0v) is 17.0. The minimum Gasteiger partial charge on any atom is -0.360 e. The summed E-state index contributed by atoms with van der Waals surface area (Å²) in [6.45, 7) is 7.02. The topological polar surface area (TPSA) is 53.6 Å². The van der Waals surface area contributed by atoms with Gasteiger partial charge in [0.15, 0.2) is 0 Å². The Morgan fingerprint density at radius 1 is 1.19 bits per heavy atom. The molecule has 5 heteroatoms. The predicted octanol–water partition coefficient (Wildman–Crippen LogP) is 6.30. The van der Waals surface area contributed by atoms with Crippen LogP contribution in [0.5, 0.6) is 0 Å². The van der Waals surface area contributed by atoms with Gasteiger partial charge in [-0.3, -0.25) is 0 Å². The molecule has 0 amide bonds. The Kier molecular flexibility index (Phi) is 4.85. The number of H-pyrrole nitrogens is 1. The maximum atomic E-state index is 6.45. The molecule has 1 fully saturated rings. The molecule has 1 aliphatic rings. The van der Waals surface area contributed by atoms with Crippen molar-refractivity contribution in [2.45, 2.75) is 52.5 Å². The van der Waals surface area contributed by atoms with E-state index < -0.39 is 0 Å². The first kappa shape index (κ1) is 18.3. The molecule has 4 rings (SSSR count). The number of nitrogens with one attached hydrogen (secondary N) is 2. The summed E-state index contributed by atoms with van der Waals surface area (Å²) in [7, 11) is 0. The van der Waals surface area contributed by atoms with Crippen LogP contribution in [0.15, 0.2) is 36.7 Å². The van der Waals surface area contributed by atoms with Gasteiger partial charge in [-0.15, -0.1) is 0 Å². The number of anilines is 1. The van der Waals surface area contributed by atoms with Gasteiger partial charge in [-0.2, -0.15) is 0 Å². The van der Waals surface area contributed by atoms with Crippen molar-refractivity contribution in [1.29, 1.82) is 0 Å². The number of nitrogens with zero attached hydrogens (tertiary/aromatic N) is 2. The van der Waals surface area contributed by atoms with E-state index in [1.54, 1.807) is 6.20 Å². The molecule has 0 spiro atoms. The number of benzene rings is 1. The van der Waals surface area contributed by atoms with Crippen LogP contribution >= 0.6 is 11.6 Å². The predicted molar refractivity (Wildman–Crippen MR) is 113 cm³/mol. The first-order valence-corrected chi connectivity index (χ1v) is 10.1. The standard InChI is InChI=1S/C22H27ClN4/c1-22(2,3)14-7-6-8-15(11-14)26-21-25-13-18(23)20(27-21)17-12-24-19-10-5-4-9-16(17)19/h4-5,9-10,12-15,24H,6-8,11H2,1-3H3,(H,25,26,27)/t14-,15+/m0/s1. The van der Waals surface area contributed by atoms with Crippen molar-refractivity contribution in [2.75, 3.05) is 5.32 Å². The Hall–Kier alpha value is -2.07. The Balaban J connectivity index is 1.60. The summed E-state index contributed by atoms with van der Waals surface area (Å²) >= 11 is 6.45. The van der Waals surface area contributed by atoms with Crippen molar-refractivity contribution in [1.82, 2.24) is 15.0 Å². The molecular formula is C22H27ClN4. The molecule has 27 heavy (non-hydrogen) atoms. The number of aromatic amines is 1. The molecule has 0 radical (unpaired) electrons. The third kappa shape index (κ3) is 3.81. The fourth-order valence-corrected chi connectivity index (χ4v) is 4.38. The molecule has 2 heterocycles. The van der Waals surface area contributed by atoms with Gasteiger partial charge >= 0.3 is 0 Å². The lowest BCUT2D eigenvalue weighted by atomic mass is 9.71. The molecule has 2 aromatic heterocycles. The van der Waals surface area contributed by atoms with E-state index in [9.17, 15) is 0 Å².